The summed E-state index contributed by atoms with van der Waals surface area (Å²) in [6.07, 6.45) is -0.863. The first-order chi connectivity index (χ1) is 9.79. The maximum absolute atomic E-state index is 12.6. The molecule has 2 rings (SSSR count). The summed E-state index contributed by atoms with van der Waals surface area (Å²) in [4.78, 5) is 28.5. The van der Waals surface area contributed by atoms with Gasteiger partial charge in [0.05, 0.1) is 12.2 Å². The number of nitrogens with zero attached hydrogens (tertiary/aromatic N) is 3. The minimum Gasteiger partial charge on any atom is -0.480 e. The summed E-state index contributed by atoms with van der Waals surface area (Å²) in [5, 5.41) is 28.6. The molecule has 0 saturated carbocycles. The van der Waals surface area contributed by atoms with Gasteiger partial charge in [0.2, 0.25) is 0 Å². The number of hydrogen-bond donors (Lipinski definition) is 3. The van der Waals surface area contributed by atoms with E-state index < -0.39 is 30.3 Å². The molecule has 0 aromatic heterocycles. The number of rotatable bonds is 3. The van der Waals surface area contributed by atoms with Gasteiger partial charge < -0.3 is 30.0 Å². The highest BCUT2D eigenvalue weighted by Crippen LogP contribution is 2.25. The Morgan fingerprint density at radius 3 is 2.24 bits per heavy atom. The number of aliphatic carboxylic acids is 1. The molecule has 3 N–H and O–H groups in total. The third kappa shape index (κ3) is 3.45. The van der Waals surface area contributed by atoms with Gasteiger partial charge in [-0.15, -0.1) is 0 Å². The zero-order chi connectivity index (χ0) is 15.7. The molecule has 0 radical (unpaired) electrons. The summed E-state index contributed by atoms with van der Waals surface area (Å²) in [6, 6.07) is -1.55. The van der Waals surface area contributed by atoms with Crippen LogP contribution in [0.3, 0.4) is 0 Å². The highest BCUT2D eigenvalue weighted by atomic mass is 16.4. The SMILES string of the molecule is CN(C)CC1CC(O)CN1C(=O)N1C[C@@H](O)C[C@H]1C(=O)O. The molecule has 120 valence electrons. The van der Waals surface area contributed by atoms with Crippen molar-refractivity contribution in [2.45, 2.75) is 37.1 Å². The van der Waals surface area contributed by atoms with Gasteiger partial charge in [-0.2, -0.15) is 0 Å². The molecule has 21 heavy (non-hydrogen) atoms. The Balaban J connectivity index is 2.11. The Labute approximate surface area is 123 Å². The molecule has 0 spiro atoms. The fourth-order valence-corrected chi connectivity index (χ4v) is 3.15. The van der Waals surface area contributed by atoms with Gasteiger partial charge in [-0.3, -0.25) is 0 Å². The van der Waals surface area contributed by atoms with Gasteiger partial charge in [0.1, 0.15) is 6.04 Å². The molecule has 2 amide bonds. The maximum Gasteiger partial charge on any atom is 0.326 e. The first kappa shape index (κ1) is 16.0. The number of β-amino-alcohol motifs (C(OH)–C–C–N with tert-alkyl or cyclic N) is 2. The standard InChI is InChI=1S/C13H23N3O5/c1-14(2)5-8-3-9(17)6-15(8)13(21)16-7-10(18)4-11(16)12(19)20/h8-11,17-18H,3-7H2,1-2H3,(H,19,20)/t8?,9?,10-,11-/m0/s1. The van der Waals surface area contributed by atoms with Gasteiger partial charge in [-0.25, -0.2) is 9.59 Å². The predicted octanol–water partition coefficient (Wildman–Crippen LogP) is -1.38. The number of carbonyl (C=O) groups is 2. The van der Waals surface area contributed by atoms with Crippen molar-refractivity contribution >= 4 is 12.0 Å². The molecule has 8 nitrogen and oxygen atoms in total. The van der Waals surface area contributed by atoms with Gasteiger partial charge in [0, 0.05) is 32.1 Å². The van der Waals surface area contributed by atoms with E-state index in [-0.39, 0.29) is 25.6 Å². The molecule has 2 saturated heterocycles. The van der Waals surface area contributed by atoms with E-state index in [1.165, 1.54) is 9.80 Å². The van der Waals surface area contributed by atoms with E-state index in [2.05, 4.69) is 0 Å². The fourth-order valence-electron chi connectivity index (χ4n) is 3.15. The summed E-state index contributed by atoms with van der Waals surface area (Å²) < 4.78 is 0. The first-order valence-electron chi connectivity index (χ1n) is 7.10. The second-order valence-corrected chi connectivity index (χ2v) is 6.14. The summed E-state index contributed by atoms with van der Waals surface area (Å²) >= 11 is 0. The molecule has 8 heteroatoms. The van der Waals surface area contributed by atoms with Crippen LogP contribution in [0.25, 0.3) is 0 Å². The van der Waals surface area contributed by atoms with Crippen LogP contribution < -0.4 is 0 Å². The minimum absolute atomic E-state index is 0.0249. The monoisotopic (exact) mass is 301 g/mol. The lowest BCUT2D eigenvalue weighted by Gasteiger charge is -2.32. The molecule has 2 heterocycles. The largest absolute Gasteiger partial charge is 0.480 e. The van der Waals surface area contributed by atoms with Crippen molar-refractivity contribution in [3.05, 3.63) is 0 Å². The van der Waals surface area contributed by atoms with Crippen LogP contribution in [0.5, 0.6) is 0 Å². The van der Waals surface area contributed by atoms with Crippen LogP contribution in [-0.4, -0.2) is 100 Å². The first-order valence-corrected chi connectivity index (χ1v) is 7.10. The van der Waals surface area contributed by atoms with Crippen molar-refractivity contribution in [1.82, 2.24) is 14.7 Å². The summed E-state index contributed by atoms with van der Waals surface area (Å²) in [5.74, 6) is -1.11. The average Bonchev–Trinajstić information content (AvgIpc) is 2.91. The van der Waals surface area contributed by atoms with Crippen molar-refractivity contribution in [3.63, 3.8) is 0 Å². The molecule has 2 aliphatic rings. The highest BCUT2D eigenvalue weighted by Gasteiger charge is 2.44. The van der Waals surface area contributed by atoms with Gasteiger partial charge in [-0.1, -0.05) is 0 Å². The number of likely N-dealkylation sites (tertiary alicyclic amines) is 2. The number of amides is 2. The Morgan fingerprint density at radius 2 is 1.67 bits per heavy atom. The minimum atomic E-state index is -1.11. The van der Waals surface area contributed by atoms with Crippen LogP contribution in [-0.2, 0) is 4.79 Å². The zero-order valence-corrected chi connectivity index (χ0v) is 12.3. The second kappa shape index (κ2) is 6.17. The number of likely N-dealkylation sites (N-methyl/N-ethyl adjacent to an activating group) is 1. The number of aliphatic hydroxyl groups excluding tert-OH is 2. The van der Waals surface area contributed by atoms with Gasteiger partial charge >= 0.3 is 12.0 Å². The van der Waals surface area contributed by atoms with Crippen molar-refractivity contribution in [2.75, 3.05) is 33.7 Å². The summed E-state index contributed by atoms with van der Waals surface area (Å²) in [7, 11) is 3.76. The lowest BCUT2D eigenvalue weighted by molar-refractivity contribution is -0.141. The van der Waals surface area contributed by atoms with Crippen LogP contribution in [0.15, 0.2) is 0 Å². The number of carboxylic acids is 1. The quantitative estimate of drug-likeness (QED) is 0.594. The van der Waals surface area contributed by atoms with Crippen molar-refractivity contribution in [3.8, 4) is 0 Å². The average molecular weight is 301 g/mol. The molecule has 0 aromatic carbocycles. The lowest BCUT2D eigenvalue weighted by atomic mass is 10.2. The van der Waals surface area contributed by atoms with E-state index >= 15 is 0 Å². The Bertz CT molecular complexity index is 417. The third-order valence-corrected chi connectivity index (χ3v) is 4.02. The second-order valence-electron chi connectivity index (χ2n) is 6.14. The fraction of sp³-hybridized carbons (Fsp3) is 0.846. The highest BCUT2D eigenvalue weighted by molar-refractivity contribution is 5.84. The number of aliphatic hydroxyl groups is 2. The van der Waals surface area contributed by atoms with Gasteiger partial charge in [-0.05, 0) is 20.5 Å². The van der Waals surface area contributed by atoms with Crippen molar-refractivity contribution in [1.29, 1.82) is 0 Å². The Morgan fingerprint density at radius 1 is 1.10 bits per heavy atom. The lowest BCUT2D eigenvalue weighted by Crippen LogP contribution is -2.51. The Hall–Kier alpha value is -1.38. The maximum atomic E-state index is 12.6. The van der Waals surface area contributed by atoms with E-state index in [0.717, 1.165) is 0 Å². The van der Waals surface area contributed by atoms with Gasteiger partial charge in [0.15, 0.2) is 0 Å². The third-order valence-electron chi connectivity index (χ3n) is 4.02. The van der Waals surface area contributed by atoms with Crippen LogP contribution in [0.1, 0.15) is 12.8 Å². The van der Waals surface area contributed by atoms with Gasteiger partial charge in [0.25, 0.3) is 0 Å². The van der Waals surface area contributed by atoms with Crippen LogP contribution in [0.2, 0.25) is 0 Å². The van der Waals surface area contributed by atoms with Crippen LogP contribution in [0, 0.1) is 0 Å². The number of urea groups is 1. The molecule has 0 aromatic rings. The van der Waals surface area contributed by atoms with E-state index in [0.29, 0.717) is 13.0 Å². The number of carboxylic acid groups (broad SMARTS) is 1. The predicted molar refractivity (Wildman–Crippen MR) is 73.8 cm³/mol. The van der Waals surface area contributed by atoms with Crippen molar-refractivity contribution < 1.29 is 24.9 Å². The molecular formula is C13H23N3O5. The smallest absolute Gasteiger partial charge is 0.326 e. The normalized spacial score (nSPS) is 33.0. The number of carbonyl (C=O) groups excluding carboxylic acids is 1. The van der Waals surface area contributed by atoms with E-state index in [1.807, 2.05) is 19.0 Å². The molecule has 2 aliphatic heterocycles. The molecule has 0 bridgehead atoms. The van der Waals surface area contributed by atoms with E-state index in [9.17, 15) is 24.9 Å². The van der Waals surface area contributed by atoms with Crippen LogP contribution >= 0.6 is 0 Å². The summed E-state index contributed by atoms with van der Waals surface area (Å²) in [5.41, 5.74) is 0. The molecule has 2 unspecified atom stereocenters. The van der Waals surface area contributed by atoms with E-state index in [1.54, 1.807) is 0 Å². The zero-order valence-electron chi connectivity index (χ0n) is 12.3. The van der Waals surface area contributed by atoms with Crippen molar-refractivity contribution in [2.24, 2.45) is 0 Å². The molecular weight excluding hydrogens is 278 g/mol. The molecule has 0 aliphatic carbocycles. The van der Waals surface area contributed by atoms with E-state index in [4.69, 9.17) is 0 Å². The number of hydrogen-bond acceptors (Lipinski definition) is 5. The van der Waals surface area contributed by atoms with Crippen LogP contribution in [0.4, 0.5) is 4.79 Å². The summed E-state index contributed by atoms with van der Waals surface area (Å²) in [6.45, 7) is 0.838. The molecule has 2 fully saturated rings. The molecule has 4 atom stereocenters. The topological polar surface area (TPSA) is 105 Å². The Kier molecular flexibility index (Phi) is 4.70.